The zero-order chi connectivity index (χ0) is 12.7. The summed E-state index contributed by atoms with van der Waals surface area (Å²) in [4.78, 5) is 2.70. The molecule has 0 aromatic carbocycles. The summed E-state index contributed by atoms with van der Waals surface area (Å²) < 4.78 is 0. The first kappa shape index (κ1) is 15.3. The number of hydrogen-bond donors (Lipinski definition) is 1. The molecule has 1 unspecified atom stereocenters. The highest BCUT2D eigenvalue weighted by molar-refractivity contribution is 7.98. The van der Waals surface area contributed by atoms with Crippen molar-refractivity contribution < 1.29 is 0 Å². The number of unbranched alkanes of at least 4 members (excludes halogenated alkanes) is 1. The maximum absolute atomic E-state index is 3.77. The lowest BCUT2D eigenvalue weighted by Crippen LogP contribution is -2.63. The summed E-state index contributed by atoms with van der Waals surface area (Å²) in [6.07, 6.45) is 7.42. The van der Waals surface area contributed by atoms with Gasteiger partial charge in [0.2, 0.25) is 0 Å². The highest BCUT2D eigenvalue weighted by atomic mass is 32.2. The van der Waals surface area contributed by atoms with E-state index in [1.807, 2.05) is 11.8 Å². The van der Waals surface area contributed by atoms with Crippen LogP contribution in [0.15, 0.2) is 0 Å². The van der Waals surface area contributed by atoms with Gasteiger partial charge in [0, 0.05) is 24.7 Å². The zero-order valence-corrected chi connectivity index (χ0v) is 12.9. The molecule has 0 aromatic heterocycles. The van der Waals surface area contributed by atoms with Crippen LogP contribution in [0.25, 0.3) is 0 Å². The molecule has 0 aliphatic carbocycles. The van der Waals surface area contributed by atoms with E-state index in [4.69, 9.17) is 0 Å². The van der Waals surface area contributed by atoms with Crippen LogP contribution < -0.4 is 5.32 Å². The third-order valence-electron chi connectivity index (χ3n) is 4.30. The molecule has 1 aliphatic heterocycles. The number of nitrogens with zero attached hydrogens (tertiary/aromatic N) is 1. The van der Waals surface area contributed by atoms with Crippen molar-refractivity contribution in [1.29, 1.82) is 0 Å². The highest BCUT2D eigenvalue weighted by Gasteiger charge is 2.34. The van der Waals surface area contributed by atoms with E-state index < -0.39 is 0 Å². The first-order chi connectivity index (χ1) is 8.17. The average Bonchev–Trinajstić information content (AvgIpc) is 2.37. The Bertz CT molecular complexity index is 204. The van der Waals surface area contributed by atoms with E-state index in [2.05, 4.69) is 37.2 Å². The lowest BCUT2D eigenvalue weighted by molar-refractivity contribution is 0.0798. The van der Waals surface area contributed by atoms with Crippen LogP contribution in [0.4, 0.5) is 0 Å². The normalized spacial score (nSPS) is 25.1. The molecule has 1 heterocycles. The Labute approximate surface area is 112 Å². The number of nitrogens with one attached hydrogen (secondary N) is 1. The van der Waals surface area contributed by atoms with Gasteiger partial charge in [0.1, 0.15) is 0 Å². The van der Waals surface area contributed by atoms with Crippen LogP contribution in [0.3, 0.4) is 0 Å². The van der Waals surface area contributed by atoms with Gasteiger partial charge in [-0.15, -0.1) is 0 Å². The molecule has 0 spiro atoms. The molecule has 2 nitrogen and oxygen atoms in total. The molecule has 0 bridgehead atoms. The topological polar surface area (TPSA) is 15.3 Å². The second-order valence-electron chi connectivity index (χ2n) is 5.39. The van der Waals surface area contributed by atoms with E-state index in [0.717, 1.165) is 6.54 Å². The van der Waals surface area contributed by atoms with E-state index in [-0.39, 0.29) is 0 Å². The molecule has 1 N–H and O–H groups in total. The Kier molecular flexibility index (Phi) is 6.90. The minimum absolute atomic E-state index is 0.381. The summed E-state index contributed by atoms with van der Waals surface area (Å²) >= 11 is 1.97. The molecule has 1 aliphatic rings. The molecule has 0 saturated carbocycles. The summed E-state index contributed by atoms with van der Waals surface area (Å²) in [5.41, 5.74) is 0.381. The van der Waals surface area contributed by atoms with Crippen molar-refractivity contribution in [2.75, 3.05) is 31.6 Å². The van der Waals surface area contributed by atoms with E-state index in [9.17, 15) is 0 Å². The van der Waals surface area contributed by atoms with E-state index >= 15 is 0 Å². The molecule has 0 aromatic rings. The first-order valence-corrected chi connectivity index (χ1v) is 8.55. The molecule has 3 heteroatoms. The largest absolute Gasteiger partial charge is 0.308 e. The Morgan fingerprint density at radius 2 is 2.00 bits per heavy atom. The van der Waals surface area contributed by atoms with Crippen molar-refractivity contribution in [3.05, 3.63) is 0 Å². The third kappa shape index (κ3) is 4.46. The second kappa shape index (κ2) is 7.65. The minimum atomic E-state index is 0.381. The van der Waals surface area contributed by atoms with Gasteiger partial charge in [-0.05, 0) is 51.2 Å². The van der Waals surface area contributed by atoms with E-state index in [0.29, 0.717) is 11.6 Å². The first-order valence-electron chi connectivity index (χ1n) is 7.15. The van der Waals surface area contributed by atoms with Crippen molar-refractivity contribution in [3.8, 4) is 0 Å². The molecule has 0 amide bonds. The Morgan fingerprint density at radius 3 is 2.59 bits per heavy atom. The predicted octanol–water partition coefficient (Wildman–Crippen LogP) is 2.98. The Balaban J connectivity index is 2.40. The third-order valence-corrected chi connectivity index (χ3v) is 5.00. The van der Waals surface area contributed by atoms with Crippen LogP contribution in [0.5, 0.6) is 0 Å². The summed E-state index contributed by atoms with van der Waals surface area (Å²) in [7, 11) is 0. The van der Waals surface area contributed by atoms with Crippen molar-refractivity contribution in [2.45, 2.75) is 58.0 Å². The monoisotopic (exact) mass is 258 g/mol. The summed E-state index contributed by atoms with van der Waals surface area (Å²) in [5.74, 6) is 1.31. The number of piperazine rings is 1. The fraction of sp³-hybridized carbons (Fsp3) is 1.00. The lowest BCUT2D eigenvalue weighted by Gasteiger charge is -2.46. The molecular weight excluding hydrogens is 228 g/mol. The smallest absolute Gasteiger partial charge is 0.0304 e. The standard InChI is InChI=1S/C14H30N2S/c1-5-14(6-2)12-16(13(3)11-15-14)9-7-8-10-17-4/h13,15H,5-12H2,1-4H3. The number of hydrogen-bond acceptors (Lipinski definition) is 3. The van der Waals surface area contributed by atoms with E-state index in [1.165, 1.54) is 44.5 Å². The van der Waals surface area contributed by atoms with Gasteiger partial charge in [0.15, 0.2) is 0 Å². The van der Waals surface area contributed by atoms with Gasteiger partial charge < -0.3 is 5.32 Å². The van der Waals surface area contributed by atoms with E-state index in [1.54, 1.807) is 0 Å². The number of thioether (sulfide) groups is 1. The summed E-state index contributed by atoms with van der Waals surface area (Å²) in [5, 5.41) is 3.77. The van der Waals surface area contributed by atoms with Gasteiger partial charge >= 0.3 is 0 Å². The number of rotatable bonds is 7. The fourth-order valence-corrected chi connectivity index (χ4v) is 3.17. The second-order valence-corrected chi connectivity index (χ2v) is 6.37. The van der Waals surface area contributed by atoms with Crippen molar-refractivity contribution in [3.63, 3.8) is 0 Å². The fourth-order valence-electron chi connectivity index (χ4n) is 2.68. The van der Waals surface area contributed by atoms with Crippen LogP contribution in [0, 0.1) is 0 Å². The molecule has 1 saturated heterocycles. The summed E-state index contributed by atoms with van der Waals surface area (Å²) in [6.45, 7) is 10.7. The van der Waals surface area contributed by atoms with Gasteiger partial charge in [0.25, 0.3) is 0 Å². The molecule has 0 radical (unpaired) electrons. The molecule has 17 heavy (non-hydrogen) atoms. The van der Waals surface area contributed by atoms with Crippen LogP contribution in [0.2, 0.25) is 0 Å². The van der Waals surface area contributed by atoms with Crippen LogP contribution >= 0.6 is 11.8 Å². The zero-order valence-electron chi connectivity index (χ0n) is 12.1. The van der Waals surface area contributed by atoms with Crippen LogP contribution in [0.1, 0.15) is 46.5 Å². The maximum Gasteiger partial charge on any atom is 0.0304 e. The molecule has 1 atom stereocenters. The Morgan fingerprint density at radius 1 is 1.29 bits per heavy atom. The van der Waals surface area contributed by atoms with Gasteiger partial charge in [-0.3, -0.25) is 4.90 Å². The van der Waals surface area contributed by atoms with Crippen LogP contribution in [-0.2, 0) is 0 Å². The van der Waals surface area contributed by atoms with Gasteiger partial charge in [-0.25, -0.2) is 0 Å². The average molecular weight is 258 g/mol. The summed E-state index contributed by atoms with van der Waals surface area (Å²) in [6, 6.07) is 0.704. The minimum Gasteiger partial charge on any atom is -0.308 e. The van der Waals surface area contributed by atoms with Gasteiger partial charge in [-0.1, -0.05) is 13.8 Å². The Hall–Kier alpha value is 0.270. The van der Waals surface area contributed by atoms with Crippen molar-refractivity contribution >= 4 is 11.8 Å². The molecule has 1 fully saturated rings. The van der Waals surface area contributed by atoms with Gasteiger partial charge in [0.05, 0.1) is 0 Å². The van der Waals surface area contributed by atoms with Crippen molar-refractivity contribution in [2.24, 2.45) is 0 Å². The molecular formula is C14H30N2S. The van der Waals surface area contributed by atoms with Crippen LogP contribution in [-0.4, -0.2) is 48.1 Å². The molecule has 1 rings (SSSR count). The molecule has 102 valence electrons. The highest BCUT2D eigenvalue weighted by Crippen LogP contribution is 2.22. The predicted molar refractivity (Wildman–Crippen MR) is 80.0 cm³/mol. The van der Waals surface area contributed by atoms with Gasteiger partial charge in [-0.2, -0.15) is 11.8 Å². The SMILES string of the molecule is CCC1(CC)CN(CCCCSC)C(C)CN1. The van der Waals surface area contributed by atoms with Crippen molar-refractivity contribution in [1.82, 2.24) is 10.2 Å². The lowest BCUT2D eigenvalue weighted by atomic mass is 9.88. The quantitative estimate of drug-likeness (QED) is 0.707. The maximum atomic E-state index is 3.77.